The maximum Gasteiger partial charge on any atom is 0.186 e. The van der Waals surface area contributed by atoms with Crippen LogP contribution in [0.2, 0.25) is 0 Å². The second-order valence-corrected chi connectivity index (χ2v) is 5.28. The lowest BCUT2D eigenvalue weighted by molar-refractivity contribution is 0.347. The molecule has 0 saturated heterocycles. The molecular weight excluding hydrogens is 306 g/mol. The fraction of sp³-hybridized carbons (Fsp3) is 0.222. The Morgan fingerprint density at radius 2 is 1.67 bits per heavy atom. The largest absolute Gasteiger partial charge is 0.497 e. The van der Waals surface area contributed by atoms with Crippen LogP contribution in [0.25, 0.3) is 16.9 Å². The quantitative estimate of drug-likeness (QED) is 0.720. The van der Waals surface area contributed by atoms with Gasteiger partial charge in [-0.25, -0.2) is 4.68 Å². The molecular formula is C18H19N3O3. The van der Waals surface area contributed by atoms with Crippen LogP contribution in [0.5, 0.6) is 17.2 Å². The van der Waals surface area contributed by atoms with E-state index in [-0.39, 0.29) is 0 Å². The van der Waals surface area contributed by atoms with E-state index < -0.39 is 0 Å². The molecule has 0 aliphatic heterocycles. The topological polar surface area (TPSA) is 58.4 Å². The van der Waals surface area contributed by atoms with Gasteiger partial charge in [0.2, 0.25) is 0 Å². The Labute approximate surface area is 140 Å². The third kappa shape index (κ3) is 2.78. The van der Waals surface area contributed by atoms with Crippen molar-refractivity contribution >= 4 is 0 Å². The Hall–Kier alpha value is -3.02. The van der Waals surface area contributed by atoms with Crippen molar-refractivity contribution in [1.82, 2.24) is 15.0 Å². The van der Waals surface area contributed by atoms with Crippen LogP contribution in [0.1, 0.15) is 5.56 Å². The van der Waals surface area contributed by atoms with Gasteiger partial charge in [0.05, 0.1) is 33.2 Å². The summed E-state index contributed by atoms with van der Waals surface area (Å²) in [6, 6.07) is 11.8. The molecule has 0 unspecified atom stereocenters. The lowest BCUT2D eigenvalue weighted by atomic mass is 10.1. The number of aryl methyl sites for hydroxylation is 1. The van der Waals surface area contributed by atoms with Crippen LogP contribution >= 0.6 is 0 Å². The molecule has 124 valence electrons. The van der Waals surface area contributed by atoms with Crippen LogP contribution in [0, 0.1) is 6.92 Å². The highest BCUT2D eigenvalue weighted by Crippen LogP contribution is 2.39. The minimum absolute atomic E-state index is 0.567. The molecule has 0 aliphatic rings. The van der Waals surface area contributed by atoms with Gasteiger partial charge in [0.15, 0.2) is 11.5 Å². The predicted octanol–water partition coefficient (Wildman–Crippen LogP) is 3.27. The number of rotatable bonds is 5. The third-order valence-electron chi connectivity index (χ3n) is 3.79. The average Bonchev–Trinajstić information content (AvgIpc) is 3.10. The fourth-order valence-corrected chi connectivity index (χ4v) is 2.53. The lowest BCUT2D eigenvalue weighted by Gasteiger charge is -2.15. The molecule has 0 fully saturated rings. The van der Waals surface area contributed by atoms with Crippen LogP contribution in [-0.4, -0.2) is 36.3 Å². The van der Waals surface area contributed by atoms with Crippen molar-refractivity contribution in [2.75, 3.05) is 21.3 Å². The zero-order valence-corrected chi connectivity index (χ0v) is 14.1. The van der Waals surface area contributed by atoms with Gasteiger partial charge in [-0.2, -0.15) is 0 Å². The van der Waals surface area contributed by atoms with E-state index in [0.717, 1.165) is 11.3 Å². The third-order valence-corrected chi connectivity index (χ3v) is 3.79. The number of hydrogen-bond donors (Lipinski definition) is 0. The molecule has 24 heavy (non-hydrogen) atoms. The zero-order chi connectivity index (χ0) is 17.1. The van der Waals surface area contributed by atoms with Gasteiger partial charge in [-0.3, -0.25) is 0 Å². The summed E-state index contributed by atoms with van der Waals surface area (Å²) in [4.78, 5) is 0. The van der Waals surface area contributed by atoms with Gasteiger partial charge < -0.3 is 14.2 Å². The molecule has 0 saturated carbocycles. The summed E-state index contributed by atoms with van der Waals surface area (Å²) < 4.78 is 18.0. The van der Waals surface area contributed by atoms with Crippen LogP contribution in [0.15, 0.2) is 42.6 Å². The molecule has 1 heterocycles. The maximum atomic E-state index is 5.53. The molecule has 0 radical (unpaired) electrons. The van der Waals surface area contributed by atoms with E-state index in [2.05, 4.69) is 29.4 Å². The molecule has 6 nitrogen and oxygen atoms in total. The number of methoxy groups -OCH3 is 3. The van der Waals surface area contributed by atoms with Crippen LogP contribution in [0.3, 0.4) is 0 Å². The first-order valence-corrected chi connectivity index (χ1v) is 7.46. The van der Waals surface area contributed by atoms with Crippen molar-refractivity contribution in [2.24, 2.45) is 0 Å². The van der Waals surface area contributed by atoms with Crippen molar-refractivity contribution in [1.29, 1.82) is 0 Å². The predicted molar refractivity (Wildman–Crippen MR) is 91.2 cm³/mol. The lowest BCUT2D eigenvalue weighted by Crippen LogP contribution is -2.04. The highest BCUT2D eigenvalue weighted by atomic mass is 16.5. The molecule has 6 heteroatoms. The monoisotopic (exact) mass is 325 g/mol. The van der Waals surface area contributed by atoms with E-state index in [4.69, 9.17) is 14.2 Å². The maximum absolute atomic E-state index is 5.53. The van der Waals surface area contributed by atoms with E-state index in [1.807, 2.05) is 18.2 Å². The van der Waals surface area contributed by atoms with Gasteiger partial charge in [0, 0.05) is 17.7 Å². The normalized spacial score (nSPS) is 10.5. The highest BCUT2D eigenvalue weighted by Gasteiger charge is 2.18. The summed E-state index contributed by atoms with van der Waals surface area (Å²) in [5.41, 5.74) is 3.75. The summed E-state index contributed by atoms with van der Waals surface area (Å²) in [7, 11) is 4.78. The van der Waals surface area contributed by atoms with Crippen LogP contribution in [-0.2, 0) is 0 Å². The Balaban J connectivity index is 2.20. The molecule has 0 aliphatic carbocycles. The fourth-order valence-electron chi connectivity index (χ4n) is 2.53. The van der Waals surface area contributed by atoms with Crippen molar-refractivity contribution in [3.8, 4) is 34.2 Å². The Morgan fingerprint density at radius 3 is 2.29 bits per heavy atom. The minimum atomic E-state index is 0.567. The van der Waals surface area contributed by atoms with E-state index >= 15 is 0 Å². The number of aromatic nitrogens is 3. The molecule has 2 aromatic carbocycles. The molecule has 0 amide bonds. The van der Waals surface area contributed by atoms with Gasteiger partial charge in [0.25, 0.3) is 0 Å². The van der Waals surface area contributed by atoms with E-state index in [9.17, 15) is 0 Å². The molecule has 0 spiro atoms. The van der Waals surface area contributed by atoms with Crippen LogP contribution < -0.4 is 14.2 Å². The Bertz CT molecular complexity index is 841. The average molecular weight is 325 g/mol. The molecule has 0 atom stereocenters. The van der Waals surface area contributed by atoms with Gasteiger partial charge >= 0.3 is 0 Å². The van der Waals surface area contributed by atoms with Gasteiger partial charge in [-0.05, 0) is 6.92 Å². The molecule has 1 aromatic heterocycles. The summed E-state index contributed by atoms with van der Waals surface area (Å²) in [6.07, 6.45) is 1.72. The number of nitrogens with zero attached hydrogens (tertiary/aromatic N) is 3. The first-order chi connectivity index (χ1) is 11.7. The number of benzene rings is 2. The molecule has 0 bridgehead atoms. The van der Waals surface area contributed by atoms with Crippen molar-refractivity contribution in [3.63, 3.8) is 0 Å². The minimum Gasteiger partial charge on any atom is -0.497 e. The smallest absolute Gasteiger partial charge is 0.186 e. The number of hydrogen-bond acceptors (Lipinski definition) is 5. The Morgan fingerprint density at radius 1 is 0.917 bits per heavy atom. The molecule has 3 rings (SSSR count). The van der Waals surface area contributed by atoms with Crippen molar-refractivity contribution in [3.05, 3.63) is 48.2 Å². The van der Waals surface area contributed by atoms with Crippen LogP contribution in [0.4, 0.5) is 0 Å². The summed E-state index contributed by atoms with van der Waals surface area (Å²) in [5.74, 6) is 1.78. The Kier molecular flexibility index (Phi) is 4.37. The van der Waals surface area contributed by atoms with E-state index in [1.54, 1.807) is 38.3 Å². The van der Waals surface area contributed by atoms with Crippen molar-refractivity contribution < 1.29 is 14.2 Å². The second kappa shape index (κ2) is 6.62. The van der Waals surface area contributed by atoms with Gasteiger partial charge in [-0.1, -0.05) is 35.0 Å². The highest BCUT2D eigenvalue weighted by molar-refractivity contribution is 5.66. The van der Waals surface area contributed by atoms with Crippen molar-refractivity contribution in [2.45, 2.75) is 6.92 Å². The first kappa shape index (κ1) is 15.9. The molecule has 3 aromatic rings. The van der Waals surface area contributed by atoms with Gasteiger partial charge in [-0.15, -0.1) is 5.10 Å². The SMILES string of the molecule is COc1cc(OC)c(OC)c(-n2nncc2-c2ccc(C)cc2)c1. The first-order valence-electron chi connectivity index (χ1n) is 7.46. The zero-order valence-electron chi connectivity index (χ0n) is 14.1. The summed E-state index contributed by atoms with van der Waals surface area (Å²) in [6.45, 7) is 2.05. The van der Waals surface area contributed by atoms with E-state index in [1.165, 1.54) is 5.56 Å². The van der Waals surface area contributed by atoms with Gasteiger partial charge in [0.1, 0.15) is 11.4 Å². The molecule has 0 N–H and O–H groups in total. The standard InChI is InChI=1S/C18H19N3O3/c1-12-5-7-13(8-6-12)16-11-19-20-21(16)15-9-14(22-2)10-17(23-3)18(15)24-4/h5-11H,1-4H3. The van der Waals surface area contributed by atoms with E-state index in [0.29, 0.717) is 22.9 Å². The summed E-state index contributed by atoms with van der Waals surface area (Å²) in [5, 5.41) is 8.28. The second-order valence-electron chi connectivity index (χ2n) is 5.28. The number of ether oxygens (including phenoxy) is 3. The summed E-state index contributed by atoms with van der Waals surface area (Å²) >= 11 is 0.